The highest BCUT2D eigenvalue weighted by atomic mass is 35.5. The van der Waals surface area contributed by atoms with Gasteiger partial charge < -0.3 is 5.73 Å². The SMILES string of the molecule is N#Cc1ccc(-n2c(N)nc3cccc(Cl)c32)cc1. The predicted octanol–water partition coefficient (Wildman–Crippen LogP) is 3.13. The van der Waals surface area contributed by atoms with E-state index in [9.17, 15) is 0 Å². The average molecular weight is 269 g/mol. The molecule has 4 nitrogen and oxygen atoms in total. The van der Waals surface area contributed by atoms with E-state index in [0.717, 1.165) is 16.7 Å². The minimum Gasteiger partial charge on any atom is -0.369 e. The Bertz CT molecular complexity index is 797. The first kappa shape index (κ1) is 11.6. The second-order valence-electron chi connectivity index (χ2n) is 4.07. The number of hydrogen-bond donors (Lipinski definition) is 1. The van der Waals surface area contributed by atoms with Crippen molar-refractivity contribution < 1.29 is 0 Å². The molecule has 1 heterocycles. The quantitative estimate of drug-likeness (QED) is 0.737. The standard InChI is InChI=1S/C14H9ClN4/c15-11-2-1-3-12-13(11)19(14(17)18-12)10-6-4-9(8-16)5-7-10/h1-7H,(H2,17,18). The van der Waals surface area contributed by atoms with Gasteiger partial charge in [-0.05, 0) is 36.4 Å². The average Bonchev–Trinajstić information content (AvgIpc) is 2.76. The molecule has 0 amide bonds. The number of nitrogen functional groups attached to an aromatic ring is 1. The number of nitrogens with two attached hydrogens (primary N) is 1. The summed E-state index contributed by atoms with van der Waals surface area (Å²) in [6.45, 7) is 0. The van der Waals surface area contributed by atoms with E-state index >= 15 is 0 Å². The number of anilines is 1. The van der Waals surface area contributed by atoms with Gasteiger partial charge in [0.2, 0.25) is 5.95 Å². The first-order valence-corrected chi connectivity index (χ1v) is 6.01. The molecule has 2 N–H and O–H groups in total. The lowest BCUT2D eigenvalue weighted by atomic mass is 10.2. The second kappa shape index (κ2) is 4.30. The van der Waals surface area contributed by atoms with Crippen LogP contribution in [-0.2, 0) is 0 Å². The van der Waals surface area contributed by atoms with E-state index in [-0.39, 0.29) is 0 Å². The first-order valence-electron chi connectivity index (χ1n) is 5.63. The molecule has 5 heteroatoms. The second-order valence-corrected chi connectivity index (χ2v) is 4.48. The van der Waals surface area contributed by atoms with Crippen molar-refractivity contribution in [1.29, 1.82) is 5.26 Å². The number of nitrogens with zero attached hydrogens (tertiary/aromatic N) is 3. The summed E-state index contributed by atoms with van der Waals surface area (Å²) in [6, 6.07) is 14.7. The lowest BCUT2D eigenvalue weighted by Gasteiger charge is -2.07. The number of rotatable bonds is 1. The van der Waals surface area contributed by atoms with E-state index < -0.39 is 0 Å². The summed E-state index contributed by atoms with van der Waals surface area (Å²) in [5.74, 6) is 0.368. The molecular formula is C14H9ClN4. The van der Waals surface area contributed by atoms with Gasteiger partial charge in [0.15, 0.2) is 0 Å². The predicted molar refractivity (Wildman–Crippen MR) is 75.2 cm³/mol. The van der Waals surface area contributed by atoms with Gasteiger partial charge in [-0.15, -0.1) is 0 Å². The molecule has 0 unspecified atom stereocenters. The van der Waals surface area contributed by atoms with Crippen molar-refractivity contribution in [3.63, 3.8) is 0 Å². The molecule has 0 spiro atoms. The Labute approximate surface area is 114 Å². The van der Waals surface area contributed by atoms with Gasteiger partial charge in [0, 0.05) is 5.69 Å². The molecule has 19 heavy (non-hydrogen) atoms. The third kappa shape index (κ3) is 1.81. The van der Waals surface area contributed by atoms with Gasteiger partial charge in [0.25, 0.3) is 0 Å². The lowest BCUT2D eigenvalue weighted by molar-refractivity contribution is 1.11. The van der Waals surface area contributed by atoms with Crippen LogP contribution < -0.4 is 5.73 Å². The molecule has 0 radical (unpaired) electrons. The molecule has 3 aromatic rings. The fraction of sp³-hybridized carbons (Fsp3) is 0. The third-order valence-electron chi connectivity index (χ3n) is 2.91. The van der Waals surface area contributed by atoms with Crippen LogP contribution in [0.4, 0.5) is 5.95 Å². The van der Waals surface area contributed by atoms with Gasteiger partial charge in [-0.25, -0.2) is 4.98 Å². The van der Waals surface area contributed by atoms with Crippen LogP contribution in [0.2, 0.25) is 5.02 Å². The van der Waals surface area contributed by atoms with Crippen LogP contribution in [0.15, 0.2) is 42.5 Å². The molecule has 0 saturated heterocycles. The normalized spacial score (nSPS) is 10.5. The van der Waals surface area contributed by atoms with E-state index in [4.69, 9.17) is 22.6 Å². The van der Waals surface area contributed by atoms with Gasteiger partial charge in [-0.1, -0.05) is 17.7 Å². The van der Waals surface area contributed by atoms with Crippen LogP contribution in [-0.4, -0.2) is 9.55 Å². The maximum absolute atomic E-state index is 8.81. The molecule has 2 aromatic carbocycles. The Hall–Kier alpha value is -2.51. The smallest absolute Gasteiger partial charge is 0.205 e. The minimum absolute atomic E-state index is 0.368. The molecule has 0 atom stereocenters. The van der Waals surface area contributed by atoms with Crippen molar-refractivity contribution in [3.05, 3.63) is 53.1 Å². The van der Waals surface area contributed by atoms with Crippen molar-refractivity contribution >= 4 is 28.6 Å². The fourth-order valence-corrected chi connectivity index (χ4v) is 2.30. The molecule has 0 aliphatic carbocycles. The summed E-state index contributed by atoms with van der Waals surface area (Å²) >= 11 is 6.22. The highest BCUT2D eigenvalue weighted by Gasteiger charge is 2.12. The molecular weight excluding hydrogens is 260 g/mol. The number of halogens is 1. The maximum atomic E-state index is 8.81. The third-order valence-corrected chi connectivity index (χ3v) is 3.21. The maximum Gasteiger partial charge on any atom is 0.205 e. The van der Waals surface area contributed by atoms with E-state index in [1.165, 1.54) is 0 Å². The first-order chi connectivity index (χ1) is 9.20. The fourth-order valence-electron chi connectivity index (χ4n) is 2.05. The number of aromatic nitrogens is 2. The Balaban J connectivity index is 2.29. The van der Waals surface area contributed by atoms with Gasteiger partial charge in [0.1, 0.15) is 0 Å². The summed E-state index contributed by atoms with van der Waals surface area (Å²) in [5.41, 5.74) is 8.89. The number of imidazole rings is 1. The number of para-hydroxylation sites is 1. The lowest BCUT2D eigenvalue weighted by Crippen LogP contribution is -2.00. The zero-order valence-electron chi connectivity index (χ0n) is 9.84. The summed E-state index contributed by atoms with van der Waals surface area (Å²) in [6.07, 6.45) is 0. The molecule has 0 aliphatic rings. The van der Waals surface area contributed by atoms with Crippen LogP contribution in [0.1, 0.15) is 5.56 Å². The monoisotopic (exact) mass is 268 g/mol. The summed E-state index contributed by atoms with van der Waals surface area (Å²) in [4.78, 5) is 4.28. The summed E-state index contributed by atoms with van der Waals surface area (Å²) in [7, 11) is 0. The van der Waals surface area contributed by atoms with Crippen LogP contribution >= 0.6 is 11.6 Å². The van der Waals surface area contributed by atoms with E-state index in [1.807, 2.05) is 24.3 Å². The highest BCUT2D eigenvalue weighted by molar-refractivity contribution is 6.35. The molecule has 92 valence electrons. The Morgan fingerprint density at radius 3 is 2.58 bits per heavy atom. The van der Waals surface area contributed by atoms with Gasteiger partial charge in [-0.2, -0.15) is 5.26 Å². The van der Waals surface area contributed by atoms with Crippen LogP contribution in [0.5, 0.6) is 0 Å². The van der Waals surface area contributed by atoms with Crippen LogP contribution in [0, 0.1) is 11.3 Å². The number of fused-ring (bicyclic) bond motifs is 1. The topological polar surface area (TPSA) is 67.6 Å². The largest absolute Gasteiger partial charge is 0.369 e. The highest BCUT2D eigenvalue weighted by Crippen LogP contribution is 2.28. The Morgan fingerprint density at radius 1 is 1.16 bits per heavy atom. The zero-order chi connectivity index (χ0) is 13.4. The Morgan fingerprint density at radius 2 is 1.89 bits per heavy atom. The van der Waals surface area contributed by atoms with Crippen molar-refractivity contribution in [2.24, 2.45) is 0 Å². The number of hydrogen-bond acceptors (Lipinski definition) is 3. The van der Waals surface area contributed by atoms with Crippen LogP contribution in [0.3, 0.4) is 0 Å². The molecule has 3 rings (SSSR count). The molecule has 0 saturated carbocycles. The van der Waals surface area contributed by atoms with E-state index in [2.05, 4.69) is 11.1 Å². The van der Waals surface area contributed by atoms with Gasteiger partial charge >= 0.3 is 0 Å². The van der Waals surface area contributed by atoms with Gasteiger partial charge in [-0.3, -0.25) is 4.57 Å². The van der Waals surface area contributed by atoms with Crippen molar-refractivity contribution in [1.82, 2.24) is 9.55 Å². The van der Waals surface area contributed by atoms with Crippen molar-refractivity contribution in [3.8, 4) is 11.8 Å². The molecule has 0 fully saturated rings. The Kier molecular flexibility index (Phi) is 2.62. The zero-order valence-corrected chi connectivity index (χ0v) is 10.6. The number of benzene rings is 2. The summed E-state index contributed by atoms with van der Waals surface area (Å²) < 4.78 is 1.78. The molecule has 1 aromatic heterocycles. The van der Waals surface area contributed by atoms with Gasteiger partial charge in [0.05, 0.1) is 27.7 Å². The molecule has 0 aliphatic heterocycles. The molecule has 0 bridgehead atoms. The van der Waals surface area contributed by atoms with Crippen molar-refractivity contribution in [2.45, 2.75) is 0 Å². The van der Waals surface area contributed by atoms with Crippen molar-refractivity contribution in [2.75, 3.05) is 5.73 Å². The van der Waals surface area contributed by atoms with Crippen LogP contribution in [0.25, 0.3) is 16.7 Å². The van der Waals surface area contributed by atoms with E-state index in [1.54, 1.807) is 22.8 Å². The van der Waals surface area contributed by atoms with E-state index in [0.29, 0.717) is 16.5 Å². The minimum atomic E-state index is 0.368. The summed E-state index contributed by atoms with van der Waals surface area (Å²) in [5, 5.41) is 9.40. The number of nitriles is 1.